The van der Waals surface area contributed by atoms with Crippen LogP contribution in [-0.2, 0) is 0 Å². The number of benzene rings is 11. The minimum atomic E-state index is 1.08. The molecule has 0 radical (unpaired) electrons. The van der Waals surface area contributed by atoms with E-state index in [2.05, 4.69) is 264 Å². The summed E-state index contributed by atoms with van der Waals surface area (Å²) in [5.74, 6) is 0. The maximum atomic E-state index is 2.47. The topological polar surface area (TPSA) is 8.17 Å². The van der Waals surface area contributed by atoms with Crippen LogP contribution in [0.2, 0.25) is 0 Å². The molecular weight excluding hydrogens is 773 g/mol. The molecule has 0 amide bonds. The van der Waals surface area contributed by atoms with Crippen molar-refractivity contribution in [2.45, 2.75) is 0 Å². The van der Waals surface area contributed by atoms with E-state index in [-0.39, 0.29) is 0 Å². The molecule has 0 unspecified atom stereocenters. The first-order valence-electron chi connectivity index (χ1n) is 22.0. The Morgan fingerprint density at radius 3 is 1.53 bits per heavy atom. The second kappa shape index (κ2) is 15.8. The summed E-state index contributed by atoms with van der Waals surface area (Å²) in [6.45, 7) is 0. The van der Waals surface area contributed by atoms with E-state index in [1.165, 1.54) is 65.6 Å². The van der Waals surface area contributed by atoms with Gasteiger partial charge in [0.25, 0.3) is 0 Å². The Morgan fingerprint density at radius 2 is 0.781 bits per heavy atom. The van der Waals surface area contributed by atoms with Crippen LogP contribution in [0.4, 0.5) is 17.1 Å². The van der Waals surface area contributed by atoms with E-state index in [4.69, 9.17) is 0 Å². The number of hydrogen-bond donors (Lipinski definition) is 0. The third kappa shape index (κ3) is 6.35. The molecule has 0 aliphatic rings. The fourth-order valence-corrected chi connectivity index (χ4v) is 9.90. The van der Waals surface area contributed by atoms with Crippen LogP contribution in [0, 0.1) is 0 Å². The summed E-state index contributed by atoms with van der Waals surface area (Å²) >= 11 is 0. The highest BCUT2D eigenvalue weighted by Crippen LogP contribution is 2.48. The van der Waals surface area contributed by atoms with Gasteiger partial charge in [-0.05, 0) is 104 Å². The Hall–Kier alpha value is -8.46. The van der Waals surface area contributed by atoms with E-state index < -0.39 is 0 Å². The van der Waals surface area contributed by atoms with Gasteiger partial charge in [-0.2, -0.15) is 0 Å². The molecule has 0 aliphatic carbocycles. The van der Waals surface area contributed by atoms with E-state index in [0.717, 1.165) is 45.0 Å². The Bertz CT molecular complexity index is 3620. The van der Waals surface area contributed by atoms with Crippen molar-refractivity contribution in [1.82, 2.24) is 4.57 Å². The molecule has 0 fully saturated rings. The number of hydrogen-bond acceptors (Lipinski definition) is 1. The molecule has 64 heavy (non-hydrogen) atoms. The average Bonchev–Trinajstić information content (AvgIpc) is 3.71. The van der Waals surface area contributed by atoms with Gasteiger partial charge in [0, 0.05) is 33.1 Å². The summed E-state index contributed by atoms with van der Waals surface area (Å²) < 4.78 is 2.40. The number of fused-ring (bicyclic) bond motifs is 5. The predicted octanol–water partition coefficient (Wildman–Crippen LogP) is 17.2. The van der Waals surface area contributed by atoms with Crippen molar-refractivity contribution >= 4 is 60.4 Å². The zero-order valence-electron chi connectivity index (χ0n) is 35.1. The first-order valence-corrected chi connectivity index (χ1v) is 22.0. The zero-order valence-corrected chi connectivity index (χ0v) is 35.1. The molecule has 1 aromatic heterocycles. The van der Waals surface area contributed by atoms with Crippen LogP contribution in [0.15, 0.2) is 255 Å². The Morgan fingerprint density at radius 1 is 0.266 bits per heavy atom. The van der Waals surface area contributed by atoms with Crippen LogP contribution in [0.3, 0.4) is 0 Å². The molecule has 2 heteroatoms. The third-order valence-electron chi connectivity index (χ3n) is 12.8. The van der Waals surface area contributed by atoms with Gasteiger partial charge in [-0.15, -0.1) is 0 Å². The molecule has 11 aromatic carbocycles. The highest BCUT2D eigenvalue weighted by Gasteiger charge is 2.23. The zero-order chi connectivity index (χ0) is 42.4. The lowest BCUT2D eigenvalue weighted by molar-refractivity contribution is 1.18. The molecule has 0 aliphatic heterocycles. The second-order valence-corrected chi connectivity index (χ2v) is 16.4. The molecule has 12 aromatic rings. The van der Waals surface area contributed by atoms with Crippen LogP contribution in [0.25, 0.3) is 93.5 Å². The van der Waals surface area contributed by atoms with Gasteiger partial charge in [0.15, 0.2) is 0 Å². The van der Waals surface area contributed by atoms with E-state index in [1.807, 2.05) is 0 Å². The monoisotopic (exact) mass is 814 g/mol. The lowest BCUT2D eigenvalue weighted by Crippen LogP contribution is -2.12. The standard InChI is InChI=1S/C62H42N2/c1-3-19-44(20-4-1)51-28-11-14-34-59(51)64(62-40-39-54(53-29-9-10-30-55(53)62)52-33-18-24-43-23-7-8-27-49(43)52)48-37-38-50(58(42-48)45-21-5-2-6-22-45)46-25-17-26-47(41-46)63-60-35-15-12-31-56(60)57-32-13-16-36-61(57)63/h1-42H. The molecule has 1 heterocycles. The average molecular weight is 815 g/mol. The highest BCUT2D eigenvalue weighted by atomic mass is 15.1. The van der Waals surface area contributed by atoms with Crippen molar-refractivity contribution in [1.29, 1.82) is 0 Å². The van der Waals surface area contributed by atoms with Gasteiger partial charge >= 0.3 is 0 Å². The van der Waals surface area contributed by atoms with Crippen LogP contribution < -0.4 is 4.90 Å². The third-order valence-corrected chi connectivity index (χ3v) is 12.8. The molecule has 0 bridgehead atoms. The van der Waals surface area contributed by atoms with E-state index in [1.54, 1.807) is 0 Å². The molecule has 0 spiro atoms. The van der Waals surface area contributed by atoms with Gasteiger partial charge in [-0.25, -0.2) is 0 Å². The summed E-state index contributed by atoms with van der Waals surface area (Å²) in [4.78, 5) is 2.47. The van der Waals surface area contributed by atoms with Crippen LogP contribution in [0.1, 0.15) is 0 Å². The van der Waals surface area contributed by atoms with Gasteiger partial charge < -0.3 is 9.47 Å². The van der Waals surface area contributed by atoms with Crippen molar-refractivity contribution in [3.8, 4) is 50.2 Å². The van der Waals surface area contributed by atoms with Crippen molar-refractivity contribution in [2.75, 3.05) is 4.90 Å². The SMILES string of the molecule is c1ccc(-c2cc(N(c3ccccc3-c3ccccc3)c3ccc(-c4cccc5ccccc45)c4ccccc34)ccc2-c2cccc(-n3c4ccccc4c4ccccc43)c2)cc1. The van der Waals surface area contributed by atoms with Crippen LogP contribution >= 0.6 is 0 Å². The van der Waals surface area contributed by atoms with Gasteiger partial charge in [-0.3, -0.25) is 0 Å². The summed E-state index contributed by atoms with van der Waals surface area (Å²) in [5.41, 5.74) is 16.3. The van der Waals surface area contributed by atoms with Crippen molar-refractivity contribution in [2.24, 2.45) is 0 Å². The summed E-state index contributed by atoms with van der Waals surface area (Å²) in [7, 11) is 0. The first-order chi connectivity index (χ1) is 31.8. The second-order valence-electron chi connectivity index (χ2n) is 16.4. The number of para-hydroxylation sites is 3. The van der Waals surface area contributed by atoms with Crippen LogP contribution in [0.5, 0.6) is 0 Å². The summed E-state index contributed by atoms with van der Waals surface area (Å²) in [6.07, 6.45) is 0. The van der Waals surface area contributed by atoms with Crippen molar-refractivity contribution in [3.05, 3.63) is 255 Å². The van der Waals surface area contributed by atoms with E-state index >= 15 is 0 Å². The largest absolute Gasteiger partial charge is 0.309 e. The molecule has 12 rings (SSSR count). The molecular formula is C62H42N2. The molecule has 0 N–H and O–H groups in total. The van der Waals surface area contributed by atoms with Gasteiger partial charge in [0.05, 0.1) is 22.4 Å². The number of aromatic nitrogens is 1. The molecule has 0 saturated carbocycles. The lowest BCUT2D eigenvalue weighted by atomic mass is 9.91. The number of nitrogens with zero attached hydrogens (tertiary/aromatic N) is 2. The Balaban J connectivity index is 1.09. The van der Waals surface area contributed by atoms with Gasteiger partial charge in [0.2, 0.25) is 0 Å². The quantitative estimate of drug-likeness (QED) is 0.148. The molecule has 0 atom stereocenters. The lowest BCUT2D eigenvalue weighted by Gasteiger charge is -2.30. The molecule has 2 nitrogen and oxygen atoms in total. The van der Waals surface area contributed by atoms with E-state index in [0.29, 0.717) is 0 Å². The van der Waals surface area contributed by atoms with Crippen molar-refractivity contribution in [3.63, 3.8) is 0 Å². The minimum Gasteiger partial charge on any atom is -0.309 e. The fourth-order valence-electron chi connectivity index (χ4n) is 9.90. The normalized spacial score (nSPS) is 11.4. The first kappa shape index (κ1) is 37.3. The Kier molecular flexibility index (Phi) is 9.20. The minimum absolute atomic E-state index is 1.08. The Labute approximate surface area is 373 Å². The number of anilines is 3. The maximum Gasteiger partial charge on any atom is 0.0541 e. The van der Waals surface area contributed by atoms with Gasteiger partial charge in [-0.1, -0.05) is 206 Å². The summed E-state index contributed by atoms with van der Waals surface area (Å²) in [5, 5.41) is 7.39. The van der Waals surface area contributed by atoms with Gasteiger partial charge in [0.1, 0.15) is 0 Å². The van der Waals surface area contributed by atoms with Crippen LogP contribution in [-0.4, -0.2) is 4.57 Å². The molecule has 300 valence electrons. The van der Waals surface area contributed by atoms with Crippen molar-refractivity contribution < 1.29 is 0 Å². The highest BCUT2D eigenvalue weighted by molar-refractivity contribution is 6.12. The fraction of sp³-hybridized carbons (Fsp3) is 0. The van der Waals surface area contributed by atoms with E-state index in [9.17, 15) is 0 Å². The summed E-state index contributed by atoms with van der Waals surface area (Å²) in [6, 6.07) is 92.8. The molecule has 0 saturated heterocycles. The predicted molar refractivity (Wildman–Crippen MR) is 272 cm³/mol. The smallest absolute Gasteiger partial charge is 0.0541 e. The number of rotatable bonds is 8. The maximum absolute atomic E-state index is 2.47.